The number of aryl methyl sites for hydroxylation is 2. The van der Waals surface area contributed by atoms with Gasteiger partial charge in [-0.15, -0.1) is 0 Å². The molecule has 5 rings (SSSR count). The molecule has 0 aliphatic carbocycles. The number of methoxy groups -OCH3 is 1. The number of carbonyl (C=O) groups is 1. The fourth-order valence-electron chi connectivity index (χ4n) is 4.82. The maximum atomic E-state index is 13.0. The molecule has 0 saturated carbocycles. The van der Waals surface area contributed by atoms with Crippen LogP contribution >= 0.6 is 0 Å². The van der Waals surface area contributed by atoms with E-state index in [9.17, 15) is 9.90 Å². The lowest BCUT2D eigenvalue weighted by atomic mass is 10.1. The number of para-hydroxylation sites is 2. The fourth-order valence-corrected chi connectivity index (χ4v) is 4.82. The molecule has 186 valence electrons. The van der Waals surface area contributed by atoms with Gasteiger partial charge in [-0.25, -0.2) is 4.98 Å². The quantitative estimate of drug-likeness (QED) is 0.394. The van der Waals surface area contributed by atoms with Gasteiger partial charge in [-0.05, 0) is 55.3 Å². The molecule has 0 bridgehead atoms. The van der Waals surface area contributed by atoms with Crippen LogP contribution in [0.2, 0.25) is 0 Å². The lowest BCUT2D eigenvalue weighted by Gasteiger charge is -2.19. The van der Waals surface area contributed by atoms with Crippen molar-refractivity contribution in [3.05, 3.63) is 83.7 Å². The minimum Gasteiger partial charge on any atom is -0.497 e. The second kappa shape index (κ2) is 10.0. The number of hydrogen-bond donors (Lipinski definition) is 1. The maximum Gasteiger partial charge on any atom is 0.227 e. The van der Waals surface area contributed by atoms with E-state index in [0.717, 1.165) is 39.4 Å². The molecule has 7 nitrogen and oxygen atoms in total. The van der Waals surface area contributed by atoms with Crippen molar-refractivity contribution < 1.29 is 19.4 Å². The highest BCUT2D eigenvalue weighted by Crippen LogP contribution is 2.34. The third-order valence-corrected chi connectivity index (χ3v) is 6.71. The number of aliphatic hydroxyl groups excluding tert-OH is 1. The number of rotatable bonds is 8. The smallest absolute Gasteiger partial charge is 0.227 e. The van der Waals surface area contributed by atoms with E-state index in [1.165, 1.54) is 0 Å². The fraction of sp³-hybridized carbons (Fsp3) is 0.310. The number of nitrogens with zero attached hydrogens (tertiary/aromatic N) is 3. The number of anilines is 1. The molecule has 1 amide bonds. The number of hydrogen-bond acceptors (Lipinski definition) is 5. The van der Waals surface area contributed by atoms with Crippen LogP contribution in [-0.2, 0) is 11.3 Å². The minimum absolute atomic E-state index is 0.0469. The second-order valence-electron chi connectivity index (χ2n) is 9.41. The number of amides is 1. The molecule has 1 aliphatic heterocycles. The van der Waals surface area contributed by atoms with Crippen LogP contribution in [0.5, 0.6) is 11.5 Å². The number of aromatic nitrogens is 2. The first kappa shape index (κ1) is 23.9. The molecule has 2 heterocycles. The van der Waals surface area contributed by atoms with Crippen LogP contribution in [0.4, 0.5) is 5.69 Å². The van der Waals surface area contributed by atoms with E-state index in [4.69, 9.17) is 14.5 Å². The van der Waals surface area contributed by atoms with Gasteiger partial charge in [-0.2, -0.15) is 0 Å². The summed E-state index contributed by atoms with van der Waals surface area (Å²) in [5, 5.41) is 10.9. The summed E-state index contributed by atoms with van der Waals surface area (Å²) in [6.07, 6.45) is -0.386. The average Bonchev–Trinajstić information content (AvgIpc) is 3.45. The predicted molar refractivity (Wildman–Crippen MR) is 140 cm³/mol. The maximum absolute atomic E-state index is 13.0. The molecule has 7 heteroatoms. The van der Waals surface area contributed by atoms with Crippen molar-refractivity contribution in [3.8, 4) is 11.5 Å². The molecule has 1 fully saturated rings. The van der Waals surface area contributed by atoms with Gasteiger partial charge < -0.3 is 24.0 Å². The van der Waals surface area contributed by atoms with E-state index in [-0.39, 0.29) is 18.4 Å². The van der Waals surface area contributed by atoms with Crippen LogP contribution in [-0.4, -0.2) is 46.9 Å². The van der Waals surface area contributed by atoms with E-state index < -0.39 is 6.10 Å². The first-order valence-electron chi connectivity index (χ1n) is 12.2. The summed E-state index contributed by atoms with van der Waals surface area (Å²) >= 11 is 0. The second-order valence-corrected chi connectivity index (χ2v) is 9.41. The number of fused-ring (bicyclic) bond motifs is 1. The van der Waals surface area contributed by atoms with Crippen molar-refractivity contribution in [1.82, 2.24) is 9.55 Å². The van der Waals surface area contributed by atoms with Crippen LogP contribution in [0.3, 0.4) is 0 Å². The summed E-state index contributed by atoms with van der Waals surface area (Å²) in [5.74, 6) is 2.25. The molecular weight excluding hydrogens is 454 g/mol. The molecule has 1 aromatic heterocycles. The van der Waals surface area contributed by atoms with Gasteiger partial charge >= 0.3 is 0 Å². The number of aliphatic hydroxyl groups is 1. The van der Waals surface area contributed by atoms with E-state index in [1.54, 1.807) is 12.0 Å². The summed E-state index contributed by atoms with van der Waals surface area (Å²) in [7, 11) is 1.62. The highest BCUT2D eigenvalue weighted by Gasteiger charge is 2.35. The van der Waals surface area contributed by atoms with E-state index in [2.05, 4.69) is 0 Å². The highest BCUT2D eigenvalue weighted by atomic mass is 16.5. The van der Waals surface area contributed by atoms with E-state index in [1.807, 2.05) is 85.1 Å². The summed E-state index contributed by atoms with van der Waals surface area (Å²) < 4.78 is 13.3. The molecule has 0 spiro atoms. The van der Waals surface area contributed by atoms with Crippen molar-refractivity contribution in [3.63, 3.8) is 0 Å². The van der Waals surface area contributed by atoms with Gasteiger partial charge in [0.25, 0.3) is 0 Å². The summed E-state index contributed by atoms with van der Waals surface area (Å²) in [6.45, 7) is 5.02. The van der Waals surface area contributed by atoms with Crippen molar-refractivity contribution in [2.45, 2.75) is 38.8 Å². The SMILES string of the molecule is COc1cccc(N2C[C@@H](c3nc4ccccc4n3C[C@@H](O)COc3cc(C)ccc3C)CC2=O)c1. The molecule has 1 saturated heterocycles. The standard InChI is InChI=1S/C29H31N3O4/c1-19-11-12-20(2)27(13-19)36-18-23(33)17-32-26-10-5-4-9-25(26)30-29(32)21-14-28(34)31(16-21)22-7-6-8-24(15-22)35-3/h4-13,15,21,23,33H,14,16-18H2,1-3H3/t21-,23+/m0/s1. The molecule has 1 N–H and O–H groups in total. The Labute approximate surface area is 210 Å². The van der Waals surface area contributed by atoms with Gasteiger partial charge in [0.1, 0.15) is 30.0 Å². The first-order valence-corrected chi connectivity index (χ1v) is 12.2. The van der Waals surface area contributed by atoms with Gasteiger partial charge in [0.2, 0.25) is 5.91 Å². The Morgan fingerprint density at radius 3 is 2.75 bits per heavy atom. The number of carbonyl (C=O) groups excluding carboxylic acids is 1. The summed E-state index contributed by atoms with van der Waals surface area (Å²) in [4.78, 5) is 19.7. The van der Waals surface area contributed by atoms with Crippen LogP contribution in [0.15, 0.2) is 66.7 Å². The topological polar surface area (TPSA) is 76.8 Å². The average molecular weight is 486 g/mol. The molecule has 36 heavy (non-hydrogen) atoms. The molecular formula is C29H31N3O4. The zero-order chi connectivity index (χ0) is 25.2. The Hall–Kier alpha value is -3.84. The Morgan fingerprint density at radius 1 is 1.08 bits per heavy atom. The number of imidazole rings is 1. The molecule has 2 atom stereocenters. The van der Waals surface area contributed by atoms with E-state index >= 15 is 0 Å². The van der Waals surface area contributed by atoms with Crippen LogP contribution in [0.25, 0.3) is 11.0 Å². The Morgan fingerprint density at radius 2 is 1.92 bits per heavy atom. The minimum atomic E-state index is -0.743. The summed E-state index contributed by atoms with van der Waals surface area (Å²) in [5.41, 5.74) is 4.74. The Balaban J connectivity index is 1.38. The highest BCUT2D eigenvalue weighted by molar-refractivity contribution is 5.96. The van der Waals surface area contributed by atoms with Gasteiger partial charge in [-0.3, -0.25) is 4.79 Å². The molecule has 0 unspecified atom stereocenters. The van der Waals surface area contributed by atoms with E-state index in [0.29, 0.717) is 25.3 Å². The van der Waals surface area contributed by atoms with Crippen molar-refractivity contribution in [2.75, 3.05) is 25.2 Å². The molecule has 0 radical (unpaired) electrons. The third-order valence-electron chi connectivity index (χ3n) is 6.71. The largest absolute Gasteiger partial charge is 0.497 e. The Bertz CT molecular complexity index is 1400. The molecule has 1 aliphatic rings. The lowest BCUT2D eigenvalue weighted by Crippen LogP contribution is -2.26. The van der Waals surface area contributed by atoms with Gasteiger partial charge in [-0.1, -0.05) is 30.3 Å². The Kier molecular flexibility index (Phi) is 6.65. The normalized spacial score (nSPS) is 16.5. The summed E-state index contributed by atoms with van der Waals surface area (Å²) in [6, 6.07) is 21.5. The number of benzene rings is 3. The lowest BCUT2D eigenvalue weighted by molar-refractivity contribution is -0.117. The first-order chi connectivity index (χ1) is 17.4. The third kappa shape index (κ3) is 4.79. The van der Waals surface area contributed by atoms with Gasteiger partial charge in [0.05, 0.1) is 24.7 Å². The van der Waals surface area contributed by atoms with Crippen molar-refractivity contribution in [2.24, 2.45) is 0 Å². The van der Waals surface area contributed by atoms with Crippen LogP contribution in [0, 0.1) is 13.8 Å². The zero-order valence-corrected chi connectivity index (χ0v) is 20.8. The van der Waals surface area contributed by atoms with Crippen LogP contribution < -0.4 is 14.4 Å². The number of ether oxygens (including phenoxy) is 2. The monoisotopic (exact) mass is 485 g/mol. The predicted octanol–water partition coefficient (Wildman–Crippen LogP) is 4.62. The van der Waals surface area contributed by atoms with Crippen molar-refractivity contribution in [1.29, 1.82) is 0 Å². The zero-order valence-electron chi connectivity index (χ0n) is 20.8. The molecule has 3 aromatic carbocycles. The van der Waals surface area contributed by atoms with Crippen LogP contribution in [0.1, 0.15) is 29.3 Å². The van der Waals surface area contributed by atoms with Gasteiger partial charge in [0.15, 0.2) is 0 Å². The van der Waals surface area contributed by atoms with Gasteiger partial charge in [0, 0.05) is 30.6 Å². The van der Waals surface area contributed by atoms with Crippen molar-refractivity contribution >= 4 is 22.6 Å². The molecule has 4 aromatic rings.